The van der Waals surface area contributed by atoms with Gasteiger partial charge in [0.1, 0.15) is 10.6 Å². The van der Waals surface area contributed by atoms with Crippen LogP contribution in [0.4, 0.5) is 5.69 Å². The van der Waals surface area contributed by atoms with Crippen molar-refractivity contribution in [3.05, 3.63) is 36.0 Å². The molecule has 2 rings (SSSR count). The number of hydrogen-bond donors (Lipinski definition) is 3. The number of sulfonamides is 1. The van der Waals surface area contributed by atoms with Gasteiger partial charge in [-0.25, -0.2) is 13.1 Å². The smallest absolute Gasteiger partial charge is 0.277 e. The van der Waals surface area contributed by atoms with Crippen LogP contribution in [0.2, 0.25) is 0 Å². The van der Waals surface area contributed by atoms with Gasteiger partial charge in [-0.15, -0.1) is 0 Å². The average molecular weight is 325 g/mol. The summed E-state index contributed by atoms with van der Waals surface area (Å²) in [5.74, 6) is -1.17. The molecule has 0 bridgehead atoms. The summed E-state index contributed by atoms with van der Waals surface area (Å²) in [5.41, 5.74) is 0.132. The van der Waals surface area contributed by atoms with Crippen molar-refractivity contribution >= 4 is 27.5 Å². The first-order chi connectivity index (χ1) is 10.4. The topological polar surface area (TPSA) is 116 Å². The lowest BCUT2D eigenvalue weighted by atomic mass is 10.3. The molecule has 0 radical (unpaired) electrons. The molecule has 0 fully saturated rings. The molecule has 2 amide bonds. The van der Waals surface area contributed by atoms with Gasteiger partial charge in [-0.2, -0.15) is 0 Å². The third-order valence-electron chi connectivity index (χ3n) is 3.05. The monoisotopic (exact) mass is 325 g/mol. The summed E-state index contributed by atoms with van der Waals surface area (Å²) >= 11 is 0. The molecule has 0 aliphatic carbocycles. The number of para-hydroxylation sites is 1. The molecular weight excluding hydrogens is 310 g/mol. The highest BCUT2D eigenvalue weighted by Gasteiger charge is 2.31. The predicted molar refractivity (Wildman–Crippen MR) is 78.2 cm³/mol. The number of nitrogens with one attached hydrogen (secondary N) is 2. The standard InChI is InChI=1S/C13H15N3O5S/c1-14-22(20,21)11-5-3-2-4-9(11)15-10-8-12(18)16(6-7-17)13(10)19/h2-5,8,14-15,17H,6-7H2,1H3. The van der Waals surface area contributed by atoms with Gasteiger partial charge in [0.2, 0.25) is 10.0 Å². The predicted octanol–water partition coefficient (Wildman–Crippen LogP) is -0.748. The summed E-state index contributed by atoms with van der Waals surface area (Å²) in [6, 6.07) is 6.01. The van der Waals surface area contributed by atoms with Gasteiger partial charge in [-0.05, 0) is 19.2 Å². The number of rotatable bonds is 6. The van der Waals surface area contributed by atoms with Crippen LogP contribution in [0, 0.1) is 0 Å². The SMILES string of the molecule is CNS(=O)(=O)c1ccccc1NC1=CC(=O)N(CCO)C1=O. The Balaban J connectivity index is 2.32. The van der Waals surface area contributed by atoms with Gasteiger partial charge in [0.05, 0.1) is 18.8 Å². The summed E-state index contributed by atoms with van der Waals surface area (Å²) < 4.78 is 26.1. The molecule has 1 aromatic rings. The van der Waals surface area contributed by atoms with Gasteiger partial charge in [0.15, 0.2) is 0 Å². The number of anilines is 1. The van der Waals surface area contributed by atoms with Crippen LogP contribution >= 0.6 is 0 Å². The van der Waals surface area contributed by atoms with E-state index >= 15 is 0 Å². The largest absolute Gasteiger partial charge is 0.395 e. The van der Waals surface area contributed by atoms with E-state index in [0.29, 0.717) is 0 Å². The van der Waals surface area contributed by atoms with Crippen molar-refractivity contribution in [2.24, 2.45) is 0 Å². The second-order valence-corrected chi connectivity index (χ2v) is 6.26. The fourth-order valence-corrected chi connectivity index (χ4v) is 2.86. The van der Waals surface area contributed by atoms with E-state index in [0.717, 1.165) is 11.0 Å². The summed E-state index contributed by atoms with van der Waals surface area (Å²) in [6.45, 7) is -0.459. The van der Waals surface area contributed by atoms with Crippen molar-refractivity contribution < 1.29 is 23.1 Å². The summed E-state index contributed by atoms with van der Waals surface area (Å²) in [7, 11) is -2.44. The Morgan fingerprint density at radius 2 is 1.91 bits per heavy atom. The van der Waals surface area contributed by atoms with Crippen molar-refractivity contribution in [2.75, 3.05) is 25.5 Å². The Morgan fingerprint density at radius 1 is 1.23 bits per heavy atom. The summed E-state index contributed by atoms with van der Waals surface area (Å²) in [5, 5.41) is 11.5. The van der Waals surface area contributed by atoms with Gasteiger partial charge in [-0.1, -0.05) is 12.1 Å². The van der Waals surface area contributed by atoms with Crippen molar-refractivity contribution in [1.82, 2.24) is 9.62 Å². The Hall–Kier alpha value is -2.23. The van der Waals surface area contributed by atoms with Gasteiger partial charge in [0, 0.05) is 6.08 Å². The molecule has 0 saturated carbocycles. The molecule has 8 nitrogen and oxygen atoms in total. The molecule has 3 N–H and O–H groups in total. The molecule has 0 aromatic heterocycles. The first-order valence-corrected chi connectivity index (χ1v) is 7.87. The molecule has 0 saturated heterocycles. The number of nitrogens with zero attached hydrogens (tertiary/aromatic N) is 1. The van der Waals surface area contributed by atoms with Crippen LogP contribution in [0.25, 0.3) is 0 Å². The maximum atomic E-state index is 12.0. The van der Waals surface area contributed by atoms with Crippen molar-refractivity contribution in [2.45, 2.75) is 4.90 Å². The van der Waals surface area contributed by atoms with Gasteiger partial charge in [-0.3, -0.25) is 14.5 Å². The van der Waals surface area contributed by atoms with E-state index in [9.17, 15) is 18.0 Å². The number of β-amino-alcohol motifs (C(OH)–C–C–N with tert-alkyl or cyclic N) is 1. The molecular formula is C13H15N3O5S. The van der Waals surface area contributed by atoms with Crippen LogP contribution in [-0.2, 0) is 19.6 Å². The van der Waals surface area contributed by atoms with E-state index in [2.05, 4.69) is 10.0 Å². The number of hydrogen-bond acceptors (Lipinski definition) is 6. The van der Waals surface area contributed by atoms with E-state index in [1.54, 1.807) is 12.1 Å². The van der Waals surface area contributed by atoms with Gasteiger partial charge >= 0.3 is 0 Å². The minimum atomic E-state index is -3.71. The van der Waals surface area contributed by atoms with Crippen LogP contribution in [0.5, 0.6) is 0 Å². The number of benzene rings is 1. The zero-order valence-corrected chi connectivity index (χ0v) is 12.6. The maximum Gasteiger partial charge on any atom is 0.277 e. The molecule has 1 aromatic carbocycles. The quantitative estimate of drug-likeness (QED) is 0.593. The molecule has 0 atom stereocenters. The van der Waals surface area contributed by atoms with E-state index in [-0.39, 0.29) is 29.4 Å². The minimum Gasteiger partial charge on any atom is -0.395 e. The molecule has 22 heavy (non-hydrogen) atoms. The Bertz CT molecular complexity index is 742. The highest BCUT2D eigenvalue weighted by molar-refractivity contribution is 7.89. The third-order valence-corrected chi connectivity index (χ3v) is 4.52. The van der Waals surface area contributed by atoms with Crippen molar-refractivity contribution in [3.8, 4) is 0 Å². The molecule has 0 spiro atoms. The van der Waals surface area contributed by atoms with E-state index in [1.807, 2.05) is 0 Å². The first kappa shape index (κ1) is 16.1. The number of carbonyl (C=O) groups excluding carboxylic acids is 2. The van der Waals surface area contributed by atoms with Crippen molar-refractivity contribution in [3.63, 3.8) is 0 Å². The fraction of sp³-hybridized carbons (Fsp3) is 0.231. The first-order valence-electron chi connectivity index (χ1n) is 6.38. The molecule has 0 unspecified atom stereocenters. The second-order valence-electron chi connectivity index (χ2n) is 4.41. The number of aliphatic hydroxyl groups is 1. The number of aliphatic hydroxyl groups excluding tert-OH is 1. The Labute approximate surface area is 127 Å². The summed E-state index contributed by atoms with van der Waals surface area (Å²) in [6.07, 6.45) is 1.07. The molecule has 1 aliphatic heterocycles. The third kappa shape index (κ3) is 3.01. The minimum absolute atomic E-state index is 0.0424. The van der Waals surface area contributed by atoms with Crippen molar-refractivity contribution in [1.29, 1.82) is 0 Å². The highest BCUT2D eigenvalue weighted by atomic mass is 32.2. The van der Waals surface area contributed by atoms with Crippen LogP contribution < -0.4 is 10.0 Å². The molecule has 1 aliphatic rings. The zero-order valence-electron chi connectivity index (χ0n) is 11.7. The Kier molecular flexibility index (Phi) is 4.59. The normalized spacial score (nSPS) is 15.2. The van der Waals surface area contributed by atoms with Gasteiger partial charge in [0.25, 0.3) is 11.8 Å². The number of amides is 2. The fourth-order valence-electron chi connectivity index (χ4n) is 1.97. The Morgan fingerprint density at radius 3 is 2.55 bits per heavy atom. The number of carbonyl (C=O) groups is 2. The van der Waals surface area contributed by atoms with Crippen LogP contribution in [0.15, 0.2) is 40.9 Å². The lowest BCUT2D eigenvalue weighted by Crippen LogP contribution is -2.34. The summed E-state index contributed by atoms with van der Waals surface area (Å²) in [4.78, 5) is 24.5. The van der Waals surface area contributed by atoms with E-state index in [4.69, 9.17) is 5.11 Å². The maximum absolute atomic E-state index is 12.0. The van der Waals surface area contributed by atoms with E-state index < -0.39 is 21.8 Å². The molecule has 1 heterocycles. The van der Waals surface area contributed by atoms with Gasteiger partial charge < -0.3 is 10.4 Å². The molecule has 9 heteroatoms. The molecule has 118 valence electrons. The van der Waals surface area contributed by atoms with Crippen LogP contribution in [0.3, 0.4) is 0 Å². The van der Waals surface area contributed by atoms with Crippen LogP contribution in [0.1, 0.15) is 0 Å². The highest BCUT2D eigenvalue weighted by Crippen LogP contribution is 2.24. The average Bonchev–Trinajstić information content (AvgIpc) is 2.76. The van der Waals surface area contributed by atoms with Crippen LogP contribution in [-0.4, -0.2) is 50.4 Å². The lowest BCUT2D eigenvalue weighted by Gasteiger charge is -2.15. The number of imide groups is 1. The second kappa shape index (κ2) is 6.26. The van der Waals surface area contributed by atoms with E-state index in [1.165, 1.54) is 19.2 Å². The lowest BCUT2D eigenvalue weighted by molar-refractivity contribution is -0.137. The zero-order chi connectivity index (χ0) is 16.3.